The molecule has 1 aromatic carbocycles. The van der Waals surface area contributed by atoms with Crippen LogP contribution >= 0.6 is 0 Å². The van der Waals surface area contributed by atoms with Crippen molar-refractivity contribution in [3.8, 4) is 5.75 Å². The summed E-state index contributed by atoms with van der Waals surface area (Å²) >= 11 is 0. The molecule has 8 heteroatoms. The molecule has 34 heavy (non-hydrogen) atoms. The van der Waals surface area contributed by atoms with Crippen molar-refractivity contribution in [3.05, 3.63) is 36.2 Å². The first-order chi connectivity index (χ1) is 16.3. The first-order valence-electron chi connectivity index (χ1n) is 12.8. The Morgan fingerprint density at radius 1 is 1.18 bits per heavy atom. The number of para-hydroxylation sites is 2. The average molecular weight is 468 g/mol. The normalized spacial score (nSPS) is 27.2. The molecular formula is C26H39N6O2+. The minimum absolute atomic E-state index is 0.0180. The Bertz CT molecular complexity index is 1010. The summed E-state index contributed by atoms with van der Waals surface area (Å²) in [5.74, 6) is 1.93. The van der Waals surface area contributed by atoms with Gasteiger partial charge in [-0.25, -0.2) is 4.68 Å². The van der Waals surface area contributed by atoms with Crippen LogP contribution in [0.3, 0.4) is 0 Å². The van der Waals surface area contributed by atoms with Crippen LogP contribution in [0.4, 0.5) is 5.69 Å². The van der Waals surface area contributed by atoms with E-state index in [4.69, 9.17) is 4.74 Å². The Hall–Kier alpha value is -2.61. The molecule has 0 aliphatic carbocycles. The fourth-order valence-corrected chi connectivity index (χ4v) is 6.05. The van der Waals surface area contributed by atoms with E-state index in [2.05, 4.69) is 53.1 Å². The predicted molar refractivity (Wildman–Crippen MR) is 131 cm³/mol. The van der Waals surface area contributed by atoms with E-state index in [9.17, 15) is 4.79 Å². The second kappa shape index (κ2) is 9.21. The lowest BCUT2D eigenvalue weighted by Crippen LogP contribution is -3.20. The molecule has 2 bridgehead atoms. The maximum atomic E-state index is 13.5. The third-order valence-corrected chi connectivity index (χ3v) is 8.10. The number of quaternary nitrogens is 1. The van der Waals surface area contributed by atoms with Gasteiger partial charge in [0.15, 0.2) is 0 Å². The van der Waals surface area contributed by atoms with Gasteiger partial charge in [0.2, 0.25) is 5.91 Å². The molecule has 4 aliphatic rings. The molecule has 4 aliphatic heterocycles. The Morgan fingerprint density at radius 3 is 2.59 bits per heavy atom. The second-order valence-electron chi connectivity index (χ2n) is 11.3. The number of aromatic nitrogens is 3. The summed E-state index contributed by atoms with van der Waals surface area (Å²) in [5, 5.41) is 8.79. The van der Waals surface area contributed by atoms with Gasteiger partial charge in [0.1, 0.15) is 11.8 Å². The third kappa shape index (κ3) is 4.52. The van der Waals surface area contributed by atoms with Crippen molar-refractivity contribution in [2.24, 2.45) is 11.8 Å². The number of benzene rings is 1. The zero-order valence-electron chi connectivity index (χ0n) is 21.0. The maximum Gasteiger partial charge on any atom is 0.231 e. The SMILES string of the molecule is COc1ccccc1N1CCN(C(=O)[C@H]2C[NH+]3CC[C@H]2C[C@@H]3Cn2cc(C(C)(C)C)nn2)CC1. The lowest BCUT2D eigenvalue weighted by Gasteiger charge is -2.47. The summed E-state index contributed by atoms with van der Waals surface area (Å²) in [5.41, 5.74) is 2.18. The van der Waals surface area contributed by atoms with Gasteiger partial charge in [0.25, 0.3) is 0 Å². The zero-order valence-corrected chi connectivity index (χ0v) is 21.0. The summed E-state index contributed by atoms with van der Waals surface area (Å²) in [6.07, 6.45) is 4.37. The molecule has 6 rings (SSSR count). The summed E-state index contributed by atoms with van der Waals surface area (Å²) < 4.78 is 7.56. The number of ether oxygens (including phenoxy) is 1. The smallest absolute Gasteiger partial charge is 0.231 e. The molecule has 4 atom stereocenters. The van der Waals surface area contributed by atoms with E-state index >= 15 is 0 Å². The van der Waals surface area contributed by atoms with Crippen LogP contribution in [0, 0.1) is 11.8 Å². The number of nitrogens with one attached hydrogen (secondary N) is 1. The number of fused-ring (bicyclic) bond motifs is 3. The number of amides is 1. The van der Waals surface area contributed by atoms with E-state index in [1.807, 2.05) is 22.9 Å². The van der Waals surface area contributed by atoms with E-state index < -0.39 is 0 Å². The Labute approximate surface area is 202 Å². The molecular weight excluding hydrogens is 428 g/mol. The number of rotatable bonds is 5. The van der Waals surface area contributed by atoms with Crippen LogP contribution in [0.2, 0.25) is 0 Å². The van der Waals surface area contributed by atoms with Crippen LogP contribution in [0.1, 0.15) is 39.3 Å². The van der Waals surface area contributed by atoms with E-state index in [1.54, 1.807) is 12.0 Å². The van der Waals surface area contributed by atoms with Crippen molar-refractivity contribution in [1.82, 2.24) is 19.9 Å². The van der Waals surface area contributed by atoms with Crippen molar-refractivity contribution < 1.29 is 14.4 Å². The van der Waals surface area contributed by atoms with Gasteiger partial charge in [-0.05, 0) is 18.1 Å². The highest BCUT2D eigenvalue weighted by atomic mass is 16.5. The third-order valence-electron chi connectivity index (χ3n) is 8.10. The number of piperidine rings is 3. The van der Waals surface area contributed by atoms with Crippen LogP contribution in [0.25, 0.3) is 0 Å². The van der Waals surface area contributed by atoms with Gasteiger partial charge in [-0.2, -0.15) is 0 Å². The summed E-state index contributed by atoms with van der Waals surface area (Å²) in [6.45, 7) is 12.8. The molecule has 0 spiro atoms. The number of carbonyl (C=O) groups is 1. The fourth-order valence-electron chi connectivity index (χ4n) is 6.05. The van der Waals surface area contributed by atoms with Crippen LogP contribution in [0.5, 0.6) is 5.75 Å². The number of piperazine rings is 1. The number of anilines is 1. The monoisotopic (exact) mass is 467 g/mol. The number of methoxy groups -OCH3 is 1. The van der Waals surface area contributed by atoms with E-state index in [0.29, 0.717) is 17.9 Å². The minimum atomic E-state index is 0.0180. The molecule has 1 amide bonds. The topological polar surface area (TPSA) is 67.9 Å². The molecule has 1 N–H and O–H groups in total. The molecule has 0 radical (unpaired) electrons. The van der Waals surface area contributed by atoms with Gasteiger partial charge in [-0.3, -0.25) is 4.79 Å². The van der Waals surface area contributed by atoms with Gasteiger partial charge >= 0.3 is 0 Å². The van der Waals surface area contributed by atoms with Gasteiger partial charge in [-0.1, -0.05) is 38.1 Å². The Kier molecular flexibility index (Phi) is 6.27. The molecule has 8 nitrogen and oxygen atoms in total. The number of carbonyl (C=O) groups excluding carboxylic acids is 1. The Balaban J connectivity index is 1.17. The highest BCUT2D eigenvalue weighted by Crippen LogP contribution is 2.31. The van der Waals surface area contributed by atoms with Crippen LogP contribution < -0.4 is 14.5 Å². The lowest BCUT2D eigenvalue weighted by molar-refractivity contribution is -0.945. The van der Waals surface area contributed by atoms with E-state index in [1.165, 1.54) is 6.54 Å². The molecule has 184 valence electrons. The first-order valence-corrected chi connectivity index (χ1v) is 12.8. The number of nitrogens with zero attached hydrogens (tertiary/aromatic N) is 5. The zero-order chi connectivity index (χ0) is 23.9. The quantitative estimate of drug-likeness (QED) is 0.717. The van der Waals surface area contributed by atoms with Gasteiger partial charge in [0, 0.05) is 50.6 Å². The molecule has 1 unspecified atom stereocenters. The van der Waals surface area contributed by atoms with E-state index in [0.717, 1.165) is 69.2 Å². The van der Waals surface area contributed by atoms with Crippen molar-refractivity contribution in [1.29, 1.82) is 0 Å². The largest absolute Gasteiger partial charge is 0.495 e. The maximum absolute atomic E-state index is 13.5. The Morgan fingerprint density at radius 2 is 1.94 bits per heavy atom. The van der Waals surface area contributed by atoms with Crippen LogP contribution in [-0.4, -0.2) is 78.2 Å². The fraction of sp³-hybridized carbons (Fsp3) is 0.654. The number of hydrogen-bond donors (Lipinski definition) is 1. The average Bonchev–Trinajstić information content (AvgIpc) is 3.33. The molecule has 1 aromatic heterocycles. The molecule has 2 aromatic rings. The van der Waals surface area contributed by atoms with Crippen LogP contribution in [-0.2, 0) is 16.8 Å². The van der Waals surface area contributed by atoms with Crippen molar-refractivity contribution >= 4 is 11.6 Å². The highest BCUT2D eigenvalue weighted by Gasteiger charge is 2.48. The molecule has 4 saturated heterocycles. The van der Waals surface area contributed by atoms with Gasteiger partial charge in [0.05, 0.1) is 44.0 Å². The predicted octanol–water partition coefficient (Wildman–Crippen LogP) is 1.23. The van der Waals surface area contributed by atoms with E-state index in [-0.39, 0.29) is 11.3 Å². The molecule has 4 fully saturated rings. The first kappa shape index (κ1) is 23.1. The number of hydrogen-bond acceptors (Lipinski definition) is 5. The summed E-state index contributed by atoms with van der Waals surface area (Å²) in [7, 11) is 1.72. The highest BCUT2D eigenvalue weighted by molar-refractivity contribution is 5.80. The summed E-state index contributed by atoms with van der Waals surface area (Å²) in [4.78, 5) is 19.5. The molecule has 5 heterocycles. The van der Waals surface area contributed by atoms with Crippen molar-refractivity contribution in [2.75, 3.05) is 51.3 Å². The van der Waals surface area contributed by atoms with Crippen molar-refractivity contribution in [3.63, 3.8) is 0 Å². The van der Waals surface area contributed by atoms with Gasteiger partial charge < -0.3 is 19.4 Å². The van der Waals surface area contributed by atoms with Crippen LogP contribution in [0.15, 0.2) is 30.5 Å². The minimum Gasteiger partial charge on any atom is -0.495 e. The summed E-state index contributed by atoms with van der Waals surface area (Å²) in [6, 6.07) is 8.68. The van der Waals surface area contributed by atoms with Gasteiger partial charge in [-0.15, -0.1) is 5.10 Å². The van der Waals surface area contributed by atoms with Crippen molar-refractivity contribution in [2.45, 2.75) is 51.6 Å². The standard InChI is InChI=1S/C26H38N6O2/c1-26(2,3)24-18-32(28-27-24)16-20-15-19-9-10-31(20)17-21(19)25(33)30-13-11-29(12-14-30)22-7-5-6-8-23(22)34-4/h5-8,18-21H,9-17H2,1-4H3/p+1/t19-,20+,21-/m0/s1. The lowest BCUT2D eigenvalue weighted by atomic mass is 9.75. The molecule has 0 saturated carbocycles. The second-order valence-corrected chi connectivity index (χ2v) is 11.3.